The zero-order chi connectivity index (χ0) is 17.8. The third-order valence-electron chi connectivity index (χ3n) is 4.41. The second kappa shape index (κ2) is 7.74. The van der Waals surface area contributed by atoms with Gasteiger partial charge in [0.1, 0.15) is 9.75 Å². The molecule has 134 valence electrons. The highest BCUT2D eigenvalue weighted by Crippen LogP contribution is 2.64. The van der Waals surface area contributed by atoms with Gasteiger partial charge in [0.25, 0.3) is 5.91 Å². The van der Waals surface area contributed by atoms with E-state index in [-0.39, 0.29) is 6.42 Å². The minimum atomic E-state index is -1.15. The first-order chi connectivity index (χ1) is 11.2. The van der Waals surface area contributed by atoms with E-state index in [1.165, 1.54) is 18.4 Å². The quantitative estimate of drug-likeness (QED) is 0.424. The predicted octanol–water partition coefficient (Wildman–Crippen LogP) is 2.83. The molecule has 0 aromatic rings. The normalized spacial score (nSPS) is 24.5. The molecule has 1 fully saturated rings. The van der Waals surface area contributed by atoms with E-state index in [2.05, 4.69) is 16.7 Å². The molecule has 0 radical (unpaired) electrons. The maximum absolute atomic E-state index is 11.8. The summed E-state index contributed by atoms with van der Waals surface area (Å²) in [5.74, 6) is -1.34. The lowest BCUT2D eigenvalue weighted by Crippen LogP contribution is -2.42. The van der Waals surface area contributed by atoms with Crippen molar-refractivity contribution in [2.45, 2.75) is 49.8 Å². The fraction of sp³-hybridized carbons (Fsp3) is 0.688. The third kappa shape index (κ3) is 4.86. The minimum Gasteiger partial charge on any atom is -0.455 e. The summed E-state index contributed by atoms with van der Waals surface area (Å²) in [6.07, 6.45) is 7.84. The number of amides is 3. The first-order valence-corrected chi connectivity index (χ1v) is 8.81. The molecule has 0 aliphatic heterocycles. The molecule has 3 amide bonds. The summed E-state index contributed by atoms with van der Waals surface area (Å²) >= 11 is 11.7. The standard InChI is InChI=1S/C16H22Cl2N2O4/c1-15(10-16(15,17)18)13(22)24-9-12(21)20-14(23)19-8-7-11-5-3-2-4-6-11/h5H,2-4,6-10H2,1H3,(H2,19,20,21,23)/t15-/m0/s1. The second-order valence-corrected chi connectivity index (χ2v) is 7.94. The summed E-state index contributed by atoms with van der Waals surface area (Å²) in [6.45, 7) is 1.49. The number of rotatable bonds is 6. The fourth-order valence-corrected chi connectivity index (χ4v) is 3.28. The zero-order valence-corrected chi connectivity index (χ0v) is 15.1. The van der Waals surface area contributed by atoms with Crippen molar-refractivity contribution in [3.8, 4) is 0 Å². The Morgan fingerprint density at radius 2 is 2.00 bits per heavy atom. The molecular weight excluding hydrogens is 355 g/mol. The molecule has 0 heterocycles. The van der Waals surface area contributed by atoms with Crippen molar-refractivity contribution >= 4 is 41.1 Å². The van der Waals surface area contributed by atoms with Gasteiger partial charge in [-0.3, -0.25) is 14.9 Å². The number of halogens is 2. The number of imide groups is 1. The van der Waals surface area contributed by atoms with Gasteiger partial charge in [0.15, 0.2) is 6.61 Å². The zero-order valence-electron chi connectivity index (χ0n) is 13.6. The monoisotopic (exact) mass is 376 g/mol. The van der Waals surface area contributed by atoms with Crippen molar-refractivity contribution < 1.29 is 19.1 Å². The number of hydrogen-bond acceptors (Lipinski definition) is 4. The van der Waals surface area contributed by atoms with E-state index in [4.69, 9.17) is 27.9 Å². The maximum Gasteiger partial charge on any atom is 0.321 e. The minimum absolute atomic E-state index is 0.278. The van der Waals surface area contributed by atoms with Crippen LogP contribution in [0.1, 0.15) is 45.4 Å². The van der Waals surface area contributed by atoms with Gasteiger partial charge in [0.05, 0.1) is 0 Å². The molecule has 6 nitrogen and oxygen atoms in total. The molecule has 0 saturated heterocycles. The van der Waals surface area contributed by atoms with Crippen LogP contribution >= 0.6 is 23.2 Å². The molecule has 0 spiro atoms. The van der Waals surface area contributed by atoms with Crippen LogP contribution < -0.4 is 10.6 Å². The van der Waals surface area contributed by atoms with E-state index in [1.54, 1.807) is 6.92 Å². The summed E-state index contributed by atoms with van der Waals surface area (Å²) in [5.41, 5.74) is 0.344. The van der Waals surface area contributed by atoms with Gasteiger partial charge in [-0.25, -0.2) is 4.79 Å². The topological polar surface area (TPSA) is 84.5 Å². The van der Waals surface area contributed by atoms with Crippen molar-refractivity contribution in [3.05, 3.63) is 11.6 Å². The number of allylic oxidation sites excluding steroid dienone is 1. The van der Waals surface area contributed by atoms with Crippen molar-refractivity contribution in [1.29, 1.82) is 0 Å². The Kier molecular flexibility index (Phi) is 6.15. The van der Waals surface area contributed by atoms with E-state index in [9.17, 15) is 14.4 Å². The Hall–Kier alpha value is -1.27. The van der Waals surface area contributed by atoms with Crippen LogP contribution in [0.2, 0.25) is 0 Å². The highest BCUT2D eigenvalue weighted by molar-refractivity contribution is 6.53. The fourth-order valence-electron chi connectivity index (χ4n) is 2.59. The highest BCUT2D eigenvalue weighted by atomic mass is 35.5. The molecule has 2 aliphatic rings. The Balaban J connectivity index is 1.60. The van der Waals surface area contributed by atoms with Crippen molar-refractivity contribution in [2.24, 2.45) is 5.41 Å². The molecular formula is C16H22Cl2N2O4. The molecule has 0 bridgehead atoms. The SMILES string of the molecule is C[C@@]1(C(=O)OCC(=O)NC(=O)NCCC2=CCCCC2)CC1(Cl)Cl. The lowest BCUT2D eigenvalue weighted by molar-refractivity contribution is -0.153. The van der Waals surface area contributed by atoms with E-state index in [0.29, 0.717) is 6.54 Å². The Morgan fingerprint density at radius 3 is 2.58 bits per heavy atom. The van der Waals surface area contributed by atoms with Crippen molar-refractivity contribution in [1.82, 2.24) is 10.6 Å². The first-order valence-electron chi connectivity index (χ1n) is 8.05. The molecule has 2 rings (SSSR count). The van der Waals surface area contributed by atoms with Gasteiger partial charge in [-0.15, -0.1) is 23.2 Å². The number of alkyl halides is 2. The highest BCUT2D eigenvalue weighted by Gasteiger charge is 2.69. The van der Waals surface area contributed by atoms with Crippen LogP contribution in [0.25, 0.3) is 0 Å². The van der Waals surface area contributed by atoms with E-state index in [1.807, 2.05) is 0 Å². The molecule has 8 heteroatoms. The Morgan fingerprint density at radius 1 is 1.29 bits per heavy atom. The average molecular weight is 377 g/mol. The molecule has 0 unspecified atom stereocenters. The van der Waals surface area contributed by atoms with E-state index >= 15 is 0 Å². The molecule has 2 N–H and O–H groups in total. The van der Waals surface area contributed by atoms with Crippen LogP contribution in [0.4, 0.5) is 4.79 Å². The van der Waals surface area contributed by atoms with Crippen LogP contribution in [0.3, 0.4) is 0 Å². The van der Waals surface area contributed by atoms with Gasteiger partial charge < -0.3 is 10.1 Å². The molecule has 24 heavy (non-hydrogen) atoms. The van der Waals surface area contributed by atoms with Crippen LogP contribution in [0.15, 0.2) is 11.6 Å². The summed E-state index contributed by atoms with van der Waals surface area (Å²) in [7, 11) is 0. The summed E-state index contributed by atoms with van der Waals surface area (Å²) in [6, 6.07) is -0.603. The molecule has 0 aromatic heterocycles. The summed E-state index contributed by atoms with van der Waals surface area (Å²) < 4.78 is 3.71. The van der Waals surface area contributed by atoms with Gasteiger partial charge in [-0.1, -0.05) is 11.6 Å². The lowest BCUT2D eigenvalue weighted by atomic mass is 9.97. The van der Waals surface area contributed by atoms with Crippen LogP contribution in [-0.4, -0.2) is 35.4 Å². The molecule has 1 saturated carbocycles. The number of hydrogen-bond donors (Lipinski definition) is 2. The molecule has 2 aliphatic carbocycles. The van der Waals surface area contributed by atoms with E-state index in [0.717, 1.165) is 19.3 Å². The van der Waals surface area contributed by atoms with Crippen LogP contribution in [0, 0.1) is 5.41 Å². The van der Waals surface area contributed by atoms with Crippen molar-refractivity contribution in [3.63, 3.8) is 0 Å². The maximum atomic E-state index is 11.8. The van der Waals surface area contributed by atoms with Gasteiger partial charge in [0.2, 0.25) is 0 Å². The number of esters is 1. The smallest absolute Gasteiger partial charge is 0.321 e. The van der Waals surface area contributed by atoms with Gasteiger partial charge in [-0.2, -0.15) is 0 Å². The summed E-state index contributed by atoms with van der Waals surface area (Å²) in [5, 5.41) is 4.72. The Bertz CT molecular complexity index is 562. The van der Waals surface area contributed by atoms with Gasteiger partial charge in [-0.05, 0) is 39.0 Å². The predicted molar refractivity (Wildman–Crippen MR) is 90.8 cm³/mol. The second-order valence-electron chi connectivity index (χ2n) is 6.45. The van der Waals surface area contributed by atoms with Gasteiger partial charge >= 0.3 is 12.0 Å². The van der Waals surface area contributed by atoms with E-state index < -0.39 is 34.3 Å². The number of ether oxygens (including phenoxy) is 1. The van der Waals surface area contributed by atoms with Gasteiger partial charge in [0, 0.05) is 13.0 Å². The number of carbonyl (C=O) groups excluding carboxylic acids is 3. The number of urea groups is 1. The van der Waals surface area contributed by atoms with Crippen molar-refractivity contribution in [2.75, 3.05) is 13.2 Å². The molecule has 1 atom stereocenters. The first kappa shape index (κ1) is 19.1. The third-order valence-corrected chi connectivity index (χ3v) is 5.51. The number of carbonyl (C=O) groups is 3. The largest absolute Gasteiger partial charge is 0.455 e. The summed E-state index contributed by atoms with van der Waals surface area (Å²) in [4.78, 5) is 35.0. The van der Waals surface area contributed by atoms with Crippen LogP contribution in [0.5, 0.6) is 0 Å². The Labute approximate surface area is 151 Å². The van der Waals surface area contributed by atoms with Crippen LogP contribution in [-0.2, 0) is 14.3 Å². The number of nitrogens with one attached hydrogen (secondary N) is 2. The molecule has 0 aromatic carbocycles. The average Bonchev–Trinajstić information content (AvgIpc) is 3.05. The lowest BCUT2D eigenvalue weighted by Gasteiger charge is -2.13.